The Labute approximate surface area is 214 Å². The van der Waals surface area contributed by atoms with Crippen molar-refractivity contribution in [2.45, 2.75) is 76.5 Å². The molecule has 0 aliphatic heterocycles. The topological polar surface area (TPSA) is 301 Å². The number of hydrogen-bond acceptors (Lipinski definition) is 8. The van der Waals surface area contributed by atoms with Crippen LogP contribution < -0.4 is 44.6 Å². The lowest BCUT2D eigenvalue weighted by atomic mass is 10.0. The van der Waals surface area contributed by atoms with Crippen LogP contribution >= 0.6 is 0 Å². The molecule has 0 fully saturated rings. The fourth-order valence-corrected chi connectivity index (χ4v) is 3.13. The number of aliphatic imine (C=N–C) groups is 1. The normalized spacial score (nSPS) is 13.9. The number of rotatable bonds is 18. The van der Waals surface area contributed by atoms with E-state index in [-0.39, 0.29) is 50.5 Å². The summed E-state index contributed by atoms with van der Waals surface area (Å²) in [6, 6.07) is -5.07. The molecule has 5 amide bonds. The number of nitrogens with zero attached hydrogens (tertiary/aromatic N) is 1. The Bertz CT molecular complexity index is 859. The predicted octanol–water partition coefficient (Wildman–Crippen LogP) is -3.91. The third kappa shape index (κ3) is 14.9. The van der Waals surface area contributed by atoms with Crippen LogP contribution in [0.25, 0.3) is 0 Å². The number of nitrogens with one attached hydrogen (secondary N) is 3. The van der Waals surface area contributed by atoms with Crippen LogP contribution in [0.2, 0.25) is 0 Å². The van der Waals surface area contributed by atoms with Gasteiger partial charge in [-0.2, -0.15) is 0 Å². The second-order valence-electron chi connectivity index (χ2n) is 8.88. The van der Waals surface area contributed by atoms with Gasteiger partial charge >= 0.3 is 5.97 Å². The van der Waals surface area contributed by atoms with Crippen molar-refractivity contribution in [3.05, 3.63) is 0 Å². The van der Waals surface area contributed by atoms with Crippen molar-refractivity contribution in [3.63, 3.8) is 0 Å². The summed E-state index contributed by atoms with van der Waals surface area (Å²) in [5.74, 6) is -5.62. The molecule has 14 N–H and O–H groups in total. The number of hydrogen-bond donors (Lipinski definition) is 9. The highest BCUT2D eigenvalue weighted by Crippen LogP contribution is 2.08. The van der Waals surface area contributed by atoms with Crippen LogP contribution in [-0.2, 0) is 28.8 Å². The van der Waals surface area contributed by atoms with Gasteiger partial charge in [0.25, 0.3) is 0 Å². The number of primary amides is 2. The summed E-state index contributed by atoms with van der Waals surface area (Å²) in [7, 11) is 0. The van der Waals surface area contributed by atoms with Crippen molar-refractivity contribution in [3.8, 4) is 0 Å². The molecule has 37 heavy (non-hydrogen) atoms. The SMILES string of the molecule is CC(C)CC(NC(=O)C(N)CCC(N)=O)C(=O)NC(CCCN=C(N)N)C(=O)NC(CC(N)=O)C(=O)O. The summed E-state index contributed by atoms with van der Waals surface area (Å²) >= 11 is 0. The smallest absolute Gasteiger partial charge is 0.326 e. The van der Waals surface area contributed by atoms with Crippen LogP contribution in [0, 0.1) is 5.92 Å². The molecule has 0 saturated heterocycles. The fourth-order valence-electron chi connectivity index (χ4n) is 3.13. The maximum absolute atomic E-state index is 13.1. The maximum atomic E-state index is 13.1. The van der Waals surface area contributed by atoms with Crippen LogP contribution in [0.4, 0.5) is 0 Å². The first kappa shape index (κ1) is 33.0. The monoisotopic (exact) mass is 529 g/mol. The van der Waals surface area contributed by atoms with Gasteiger partial charge in [-0.3, -0.25) is 29.0 Å². The largest absolute Gasteiger partial charge is 0.480 e. The van der Waals surface area contributed by atoms with Crippen LogP contribution in [0.3, 0.4) is 0 Å². The molecule has 0 aromatic rings. The minimum absolute atomic E-state index is 0.00225. The molecule has 0 aliphatic rings. The van der Waals surface area contributed by atoms with Crippen LogP contribution in [-0.4, -0.2) is 77.3 Å². The van der Waals surface area contributed by atoms with Gasteiger partial charge in [0, 0.05) is 13.0 Å². The minimum atomic E-state index is -1.61. The first-order valence-electron chi connectivity index (χ1n) is 11.6. The minimum Gasteiger partial charge on any atom is -0.480 e. The summed E-state index contributed by atoms with van der Waals surface area (Å²) in [5, 5.41) is 16.5. The van der Waals surface area contributed by atoms with Crippen molar-refractivity contribution in [1.29, 1.82) is 0 Å². The second-order valence-corrected chi connectivity index (χ2v) is 8.88. The highest BCUT2D eigenvalue weighted by molar-refractivity contribution is 5.95. The molecule has 0 spiro atoms. The Hall–Kier alpha value is -3.95. The van der Waals surface area contributed by atoms with Crippen LogP contribution in [0.5, 0.6) is 0 Å². The number of amides is 5. The highest BCUT2D eigenvalue weighted by atomic mass is 16.4. The summed E-state index contributed by atoms with van der Waals surface area (Å²) < 4.78 is 0. The Balaban J connectivity index is 5.64. The average molecular weight is 530 g/mol. The molecular formula is C21H39N9O7. The second kappa shape index (κ2) is 16.7. The molecule has 0 aromatic carbocycles. The first-order chi connectivity index (χ1) is 17.1. The molecule has 0 aromatic heterocycles. The lowest BCUT2D eigenvalue weighted by Gasteiger charge is -2.26. The van der Waals surface area contributed by atoms with E-state index in [4.69, 9.17) is 28.7 Å². The van der Waals surface area contributed by atoms with Gasteiger partial charge in [0.15, 0.2) is 5.96 Å². The highest BCUT2D eigenvalue weighted by Gasteiger charge is 2.31. The van der Waals surface area contributed by atoms with E-state index in [0.29, 0.717) is 0 Å². The van der Waals surface area contributed by atoms with Crippen LogP contribution in [0.1, 0.15) is 52.4 Å². The number of aliphatic carboxylic acids is 1. The zero-order chi connectivity index (χ0) is 28.7. The number of guanidine groups is 1. The lowest BCUT2D eigenvalue weighted by Crippen LogP contribution is -2.57. The Morgan fingerprint density at radius 3 is 1.81 bits per heavy atom. The Morgan fingerprint density at radius 2 is 1.32 bits per heavy atom. The van der Waals surface area contributed by atoms with Crippen molar-refractivity contribution >= 4 is 41.5 Å². The van der Waals surface area contributed by atoms with Gasteiger partial charge in [-0.25, -0.2) is 4.79 Å². The summed E-state index contributed by atoms with van der Waals surface area (Å²) in [6.45, 7) is 3.73. The van der Waals surface area contributed by atoms with E-state index < -0.39 is 66.1 Å². The quantitative estimate of drug-likeness (QED) is 0.0472. The van der Waals surface area contributed by atoms with Gasteiger partial charge in [-0.05, 0) is 31.6 Å². The van der Waals surface area contributed by atoms with Gasteiger partial charge in [0.05, 0.1) is 12.5 Å². The Kier molecular flexibility index (Phi) is 14.9. The average Bonchev–Trinajstić information content (AvgIpc) is 2.77. The van der Waals surface area contributed by atoms with Crippen molar-refractivity contribution in [2.75, 3.05) is 6.54 Å². The van der Waals surface area contributed by atoms with E-state index in [9.17, 15) is 33.9 Å². The molecule has 16 nitrogen and oxygen atoms in total. The third-order valence-corrected chi connectivity index (χ3v) is 4.98. The molecule has 210 valence electrons. The number of carbonyl (C=O) groups is 6. The third-order valence-electron chi connectivity index (χ3n) is 4.98. The number of carboxylic acid groups (broad SMARTS) is 1. The molecule has 0 rings (SSSR count). The molecule has 0 saturated carbocycles. The molecule has 4 unspecified atom stereocenters. The van der Waals surface area contributed by atoms with Crippen molar-refractivity contribution in [1.82, 2.24) is 16.0 Å². The summed E-state index contributed by atoms with van der Waals surface area (Å²) in [5.41, 5.74) is 26.5. The molecule has 0 bridgehead atoms. The standard InChI is InChI=1S/C21H39N9O7/c1-10(2)8-13(29-17(33)11(22)5-6-15(23)31)19(35)28-12(4-3-7-27-21(25)26)18(34)30-14(20(36)37)9-16(24)32/h10-14H,3-9,22H2,1-2H3,(H2,23,31)(H2,24,32)(H,28,35)(H,29,33)(H,30,34)(H,36,37)(H4,25,26,27). The fraction of sp³-hybridized carbons (Fsp3) is 0.667. The number of carboxylic acids is 1. The van der Waals surface area contributed by atoms with Gasteiger partial charge < -0.3 is 49.7 Å². The van der Waals surface area contributed by atoms with Gasteiger partial charge in [0.1, 0.15) is 18.1 Å². The predicted molar refractivity (Wildman–Crippen MR) is 133 cm³/mol. The van der Waals surface area contributed by atoms with E-state index in [0.717, 1.165) is 0 Å². The molecule has 0 heterocycles. The molecule has 0 aliphatic carbocycles. The zero-order valence-corrected chi connectivity index (χ0v) is 21.1. The van der Waals surface area contributed by atoms with E-state index in [1.807, 2.05) is 0 Å². The van der Waals surface area contributed by atoms with Gasteiger partial charge in [0.2, 0.25) is 29.5 Å². The maximum Gasteiger partial charge on any atom is 0.326 e. The van der Waals surface area contributed by atoms with E-state index >= 15 is 0 Å². The molecule has 4 atom stereocenters. The lowest BCUT2D eigenvalue weighted by molar-refractivity contribution is -0.143. The van der Waals surface area contributed by atoms with Crippen molar-refractivity contribution < 1.29 is 33.9 Å². The molecule has 16 heteroatoms. The zero-order valence-electron chi connectivity index (χ0n) is 21.1. The number of carbonyl (C=O) groups excluding carboxylic acids is 5. The van der Waals surface area contributed by atoms with Crippen LogP contribution in [0.15, 0.2) is 4.99 Å². The molecule has 0 radical (unpaired) electrons. The van der Waals surface area contributed by atoms with Gasteiger partial charge in [-0.15, -0.1) is 0 Å². The van der Waals surface area contributed by atoms with Gasteiger partial charge in [-0.1, -0.05) is 13.8 Å². The molecular weight excluding hydrogens is 490 g/mol. The van der Waals surface area contributed by atoms with E-state index in [1.165, 1.54) is 0 Å². The van der Waals surface area contributed by atoms with E-state index in [2.05, 4.69) is 20.9 Å². The summed E-state index contributed by atoms with van der Waals surface area (Å²) in [6.07, 6.45) is -0.402. The summed E-state index contributed by atoms with van der Waals surface area (Å²) in [4.78, 5) is 75.7. The van der Waals surface area contributed by atoms with E-state index in [1.54, 1.807) is 13.8 Å². The first-order valence-corrected chi connectivity index (χ1v) is 11.6. The number of nitrogens with two attached hydrogens (primary N) is 5. The Morgan fingerprint density at radius 1 is 0.784 bits per heavy atom. The van der Waals surface area contributed by atoms with Crippen molar-refractivity contribution in [2.24, 2.45) is 39.6 Å².